The molecular weight excluding hydrogens is 440 g/mol. The second-order valence-electron chi connectivity index (χ2n) is 8.92. The summed E-state index contributed by atoms with van der Waals surface area (Å²) in [7, 11) is -3.17. The van der Waals surface area contributed by atoms with Gasteiger partial charge in [0.15, 0.2) is 21.2 Å². The van der Waals surface area contributed by atoms with Crippen molar-refractivity contribution in [2.75, 3.05) is 30.9 Å². The SMILES string of the molecule is CCOC(=O)c1cc(N2CCC(S(C)(=O)=O)C2)c2c(C(C)C)nn(-c3cccc(C)c3)c2n1. The minimum Gasteiger partial charge on any atom is -0.461 e. The van der Waals surface area contributed by atoms with E-state index in [0.29, 0.717) is 25.2 Å². The van der Waals surface area contributed by atoms with Gasteiger partial charge in [-0.05, 0) is 49.9 Å². The molecule has 9 heteroatoms. The van der Waals surface area contributed by atoms with Gasteiger partial charge in [0.1, 0.15) is 0 Å². The second kappa shape index (κ2) is 8.78. The van der Waals surface area contributed by atoms with Gasteiger partial charge in [-0.1, -0.05) is 26.0 Å². The zero-order chi connectivity index (χ0) is 23.9. The monoisotopic (exact) mass is 470 g/mol. The third-order valence-corrected chi connectivity index (χ3v) is 7.61. The summed E-state index contributed by atoms with van der Waals surface area (Å²) in [6.07, 6.45) is 1.82. The van der Waals surface area contributed by atoms with Crippen molar-refractivity contribution < 1.29 is 17.9 Å². The van der Waals surface area contributed by atoms with Crippen molar-refractivity contribution in [2.24, 2.45) is 0 Å². The number of aromatic nitrogens is 3. The van der Waals surface area contributed by atoms with Gasteiger partial charge in [0, 0.05) is 19.3 Å². The van der Waals surface area contributed by atoms with E-state index < -0.39 is 21.1 Å². The highest BCUT2D eigenvalue weighted by molar-refractivity contribution is 7.91. The number of aryl methyl sites for hydroxylation is 1. The molecule has 33 heavy (non-hydrogen) atoms. The predicted octanol–water partition coefficient (Wildman–Crippen LogP) is 3.65. The molecule has 1 atom stereocenters. The van der Waals surface area contributed by atoms with Crippen molar-refractivity contribution in [3.8, 4) is 5.69 Å². The van der Waals surface area contributed by atoms with Gasteiger partial charge >= 0.3 is 5.97 Å². The Morgan fingerprint density at radius 3 is 2.64 bits per heavy atom. The molecule has 1 aliphatic rings. The molecule has 2 aromatic heterocycles. The van der Waals surface area contributed by atoms with Gasteiger partial charge in [-0.3, -0.25) is 0 Å². The van der Waals surface area contributed by atoms with E-state index in [1.54, 1.807) is 17.7 Å². The summed E-state index contributed by atoms with van der Waals surface area (Å²) in [4.78, 5) is 19.4. The van der Waals surface area contributed by atoms with Crippen LogP contribution in [0, 0.1) is 6.92 Å². The van der Waals surface area contributed by atoms with E-state index in [1.165, 1.54) is 6.26 Å². The predicted molar refractivity (Wildman–Crippen MR) is 129 cm³/mol. The van der Waals surface area contributed by atoms with E-state index in [-0.39, 0.29) is 18.2 Å². The first-order chi connectivity index (χ1) is 15.6. The van der Waals surface area contributed by atoms with E-state index in [4.69, 9.17) is 9.84 Å². The van der Waals surface area contributed by atoms with E-state index in [9.17, 15) is 13.2 Å². The van der Waals surface area contributed by atoms with Gasteiger partial charge < -0.3 is 9.64 Å². The fraction of sp³-hybridized carbons (Fsp3) is 0.458. The highest BCUT2D eigenvalue weighted by Gasteiger charge is 2.33. The summed E-state index contributed by atoms with van der Waals surface area (Å²) in [5, 5.41) is 5.30. The summed E-state index contributed by atoms with van der Waals surface area (Å²) >= 11 is 0. The molecule has 0 radical (unpaired) electrons. The van der Waals surface area contributed by atoms with Crippen LogP contribution < -0.4 is 4.90 Å². The summed E-state index contributed by atoms with van der Waals surface area (Å²) < 4.78 is 31.4. The second-order valence-corrected chi connectivity index (χ2v) is 11.2. The molecule has 8 nitrogen and oxygen atoms in total. The van der Waals surface area contributed by atoms with Crippen LogP contribution in [-0.2, 0) is 14.6 Å². The standard InChI is InChI=1S/C24H30N4O4S/c1-6-32-24(29)19-13-20(27-11-10-18(14-27)33(5,30)31)21-22(15(2)3)26-28(23(21)25-19)17-9-7-8-16(4)12-17/h7-9,12-13,15,18H,6,10-11,14H2,1-5H3. The van der Waals surface area contributed by atoms with Crippen LogP contribution in [0.4, 0.5) is 5.69 Å². The lowest BCUT2D eigenvalue weighted by Gasteiger charge is -2.21. The summed E-state index contributed by atoms with van der Waals surface area (Å²) in [6.45, 7) is 9.07. The number of anilines is 1. The van der Waals surface area contributed by atoms with E-state index >= 15 is 0 Å². The molecule has 0 saturated carbocycles. The molecule has 0 aliphatic carbocycles. The topological polar surface area (TPSA) is 94.4 Å². The number of rotatable bonds is 6. The summed E-state index contributed by atoms with van der Waals surface area (Å²) in [5.74, 6) is -0.413. The lowest BCUT2D eigenvalue weighted by molar-refractivity contribution is 0.0520. The minimum atomic E-state index is -3.17. The molecule has 0 bridgehead atoms. The minimum absolute atomic E-state index is 0.0980. The van der Waals surface area contributed by atoms with Crippen molar-refractivity contribution in [3.05, 3.63) is 47.3 Å². The number of carbonyl (C=O) groups excluding carboxylic acids is 1. The normalized spacial score (nSPS) is 16.7. The number of hydrogen-bond donors (Lipinski definition) is 0. The van der Waals surface area contributed by atoms with Crippen LogP contribution in [0.5, 0.6) is 0 Å². The Kier molecular flexibility index (Phi) is 6.18. The van der Waals surface area contributed by atoms with Crippen molar-refractivity contribution in [1.29, 1.82) is 0 Å². The first-order valence-corrected chi connectivity index (χ1v) is 13.2. The summed E-state index contributed by atoms with van der Waals surface area (Å²) in [6, 6.07) is 9.67. The number of sulfone groups is 1. The summed E-state index contributed by atoms with van der Waals surface area (Å²) in [5.41, 5.74) is 4.31. The molecule has 4 rings (SSSR count). The zero-order valence-electron chi connectivity index (χ0n) is 19.7. The third-order valence-electron chi connectivity index (χ3n) is 6.01. The quantitative estimate of drug-likeness (QED) is 0.508. The Balaban J connectivity index is 1.98. The average Bonchev–Trinajstić information content (AvgIpc) is 3.39. The molecule has 1 aliphatic heterocycles. The van der Waals surface area contributed by atoms with Crippen LogP contribution in [0.1, 0.15) is 54.9 Å². The highest BCUT2D eigenvalue weighted by atomic mass is 32.2. The number of fused-ring (bicyclic) bond motifs is 1. The van der Waals surface area contributed by atoms with Crippen LogP contribution in [0.25, 0.3) is 16.7 Å². The van der Waals surface area contributed by atoms with Crippen LogP contribution in [0.3, 0.4) is 0 Å². The van der Waals surface area contributed by atoms with Crippen molar-refractivity contribution in [1.82, 2.24) is 14.8 Å². The molecule has 0 spiro atoms. The third kappa shape index (κ3) is 4.46. The van der Waals surface area contributed by atoms with Crippen LogP contribution >= 0.6 is 0 Å². The number of esters is 1. The Bertz CT molecular complexity index is 1310. The molecule has 0 amide bonds. The Morgan fingerprint density at radius 2 is 2.03 bits per heavy atom. The zero-order valence-corrected chi connectivity index (χ0v) is 20.5. The molecule has 1 unspecified atom stereocenters. The molecular formula is C24H30N4O4S. The first kappa shape index (κ1) is 23.2. The highest BCUT2D eigenvalue weighted by Crippen LogP contribution is 2.37. The van der Waals surface area contributed by atoms with Gasteiger partial charge in [-0.25, -0.2) is 22.9 Å². The number of benzene rings is 1. The smallest absolute Gasteiger partial charge is 0.357 e. The number of hydrogen-bond acceptors (Lipinski definition) is 7. The van der Waals surface area contributed by atoms with Crippen molar-refractivity contribution in [3.63, 3.8) is 0 Å². The maximum absolute atomic E-state index is 12.7. The van der Waals surface area contributed by atoms with E-state index in [0.717, 1.165) is 28.0 Å². The number of ether oxygens (including phenoxy) is 1. The molecule has 1 aromatic carbocycles. The Labute approximate surface area is 194 Å². The van der Waals surface area contributed by atoms with Gasteiger partial charge in [-0.2, -0.15) is 5.10 Å². The molecule has 3 aromatic rings. The molecule has 176 valence electrons. The fourth-order valence-corrected chi connectivity index (χ4v) is 5.31. The van der Waals surface area contributed by atoms with Gasteiger partial charge in [0.25, 0.3) is 0 Å². The number of nitrogens with zero attached hydrogens (tertiary/aromatic N) is 4. The Hall–Kier alpha value is -2.94. The fourth-order valence-electron chi connectivity index (χ4n) is 4.32. The van der Waals surface area contributed by atoms with Crippen LogP contribution in [0.2, 0.25) is 0 Å². The first-order valence-electron chi connectivity index (χ1n) is 11.2. The maximum atomic E-state index is 12.7. The average molecular weight is 471 g/mol. The van der Waals surface area contributed by atoms with Gasteiger partial charge in [-0.15, -0.1) is 0 Å². The maximum Gasteiger partial charge on any atom is 0.357 e. The van der Waals surface area contributed by atoms with Crippen molar-refractivity contribution in [2.45, 2.75) is 45.3 Å². The van der Waals surface area contributed by atoms with Crippen molar-refractivity contribution >= 4 is 32.5 Å². The number of carbonyl (C=O) groups is 1. The molecule has 1 fully saturated rings. The molecule has 1 saturated heterocycles. The largest absolute Gasteiger partial charge is 0.461 e. The van der Waals surface area contributed by atoms with E-state index in [1.807, 2.05) is 36.1 Å². The molecule has 3 heterocycles. The Morgan fingerprint density at radius 1 is 1.27 bits per heavy atom. The van der Waals surface area contributed by atoms with Crippen LogP contribution in [-0.4, -0.2) is 60.4 Å². The van der Waals surface area contributed by atoms with Gasteiger partial charge in [0.2, 0.25) is 0 Å². The van der Waals surface area contributed by atoms with Gasteiger partial charge in [0.05, 0.1) is 34.3 Å². The lowest BCUT2D eigenvalue weighted by Crippen LogP contribution is -2.26. The van der Waals surface area contributed by atoms with E-state index in [2.05, 4.69) is 18.8 Å². The van der Waals surface area contributed by atoms with Crippen LogP contribution in [0.15, 0.2) is 30.3 Å². The molecule has 0 N–H and O–H groups in total. The lowest BCUT2D eigenvalue weighted by atomic mass is 10.1. The number of pyridine rings is 1.